The van der Waals surface area contributed by atoms with E-state index >= 15 is 0 Å². The van der Waals surface area contributed by atoms with E-state index in [-0.39, 0.29) is 0 Å². The van der Waals surface area contributed by atoms with Crippen LogP contribution in [-0.2, 0) is 7.05 Å². The molecule has 1 aromatic heterocycles. The number of oxazole rings is 1. The second kappa shape index (κ2) is 2.76. The number of hydrogen-bond donors (Lipinski definition) is 0. The second-order valence-electron chi connectivity index (χ2n) is 3.31. The Morgan fingerprint density at radius 2 is 1.92 bits per heavy atom. The van der Waals surface area contributed by atoms with Gasteiger partial charge < -0.3 is 4.42 Å². The molecule has 68 valence electrons. The van der Waals surface area contributed by atoms with E-state index in [1.807, 2.05) is 54.9 Å². The Kier molecular flexibility index (Phi) is 1.72. The molecule has 0 amide bonds. The quantitative estimate of drug-likeness (QED) is 0.612. The fourth-order valence-corrected chi connectivity index (χ4v) is 1.48. The fraction of sp³-hybridized carbons (Fsp3) is 0.300. The summed E-state index contributed by atoms with van der Waals surface area (Å²) in [5.74, 6) is 0. The number of aromatic nitrogens is 1. The molecule has 1 aromatic carbocycles. The van der Waals surface area contributed by atoms with E-state index in [1.54, 1.807) is 0 Å². The van der Waals surface area contributed by atoms with Crippen molar-refractivity contribution in [3.8, 4) is 0 Å². The van der Waals surface area contributed by atoms with Gasteiger partial charge in [-0.15, -0.1) is 0 Å². The maximum atomic E-state index is 5.65. The zero-order valence-electron chi connectivity index (χ0n) is 8.11. The second-order valence-corrected chi connectivity index (χ2v) is 3.31. The molecule has 0 aliphatic heterocycles. The van der Waals surface area contributed by atoms with Crippen LogP contribution in [0.3, 0.4) is 0 Å². The summed E-state index contributed by atoms with van der Waals surface area (Å²) in [4.78, 5) is 1.96. The van der Waals surface area contributed by atoms with Gasteiger partial charge in [-0.05, 0) is 12.1 Å². The Labute approximate surface area is 77.2 Å². The third-order valence-corrected chi connectivity index (χ3v) is 2.10. The van der Waals surface area contributed by atoms with Gasteiger partial charge in [-0.3, -0.25) is 0 Å². The van der Waals surface area contributed by atoms with Crippen LogP contribution in [0.15, 0.2) is 28.7 Å². The van der Waals surface area contributed by atoms with Gasteiger partial charge in [0.05, 0.1) is 21.1 Å². The van der Waals surface area contributed by atoms with E-state index in [4.69, 9.17) is 4.42 Å². The van der Waals surface area contributed by atoms with Crippen LogP contribution in [0, 0.1) is 0 Å². The van der Waals surface area contributed by atoms with Crippen LogP contribution in [0.25, 0.3) is 11.1 Å². The Bertz CT molecular complexity index is 431. The number of hydrogen-bond acceptors (Lipinski definition) is 2. The molecule has 0 fully saturated rings. The molecule has 0 radical (unpaired) electrons. The average molecular weight is 177 g/mol. The Morgan fingerprint density at radius 3 is 2.54 bits per heavy atom. The van der Waals surface area contributed by atoms with Crippen molar-refractivity contribution in [3.05, 3.63) is 24.3 Å². The van der Waals surface area contributed by atoms with E-state index in [1.165, 1.54) is 0 Å². The average Bonchev–Trinajstić information content (AvgIpc) is 2.45. The summed E-state index contributed by atoms with van der Waals surface area (Å²) in [5.41, 5.74) is 2.04. The largest absolute Gasteiger partial charge is 0.456 e. The third-order valence-electron chi connectivity index (χ3n) is 2.10. The molecule has 0 N–H and O–H groups in total. The highest BCUT2D eigenvalue weighted by Crippen LogP contribution is 2.16. The fourth-order valence-electron chi connectivity index (χ4n) is 1.48. The molecule has 3 nitrogen and oxygen atoms in total. The molecule has 3 heteroatoms. The minimum Gasteiger partial charge on any atom is -0.387 e. The smallest absolute Gasteiger partial charge is 0.387 e. The molecule has 0 spiro atoms. The molecular weight excluding hydrogens is 164 g/mol. The van der Waals surface area contributed by atoms with Gasteiger partial charge in [-0.25, -0.2) is 4.90 Å². The van der Waals surface area contributed by atoms with Crippen LogP contribution in [0.5, 0.6) is 0 Å². The van der Waals surface area contributed by atoms with Gasteiger partial charge in [0.25, 0.3) is 0 Å². The van der Waals surface area contributed by atoms with E-state index in [9.17, 15) is 0 Å². The molecular formula is C10H13N2O+. The molecule has 0 saturated heterocycles. The predicted octanol–water partition coefficient (Wildman–Crippen LogP) is 1.32. The lowest BCUT2D eigenvalue weighted by molar-refractivity contribution is -0.635. The van der Waals surface area contributed by atoms with Crippen LogP contribution >= 0.6 is 0 Å². The predicted molar refractivity (Wildman–Crippen MR) is 51.7 cm³/mol. The van der Waals surface area contributed by atoms with Crippen molar-refractivity contribution >= 4 is 17.1 Å². The first kappa shape index (κ1) is 8.10. The summed E-state index contributed by atoms with van der Waals surface area (Å²) < 4.78 is 7.69. The van der Waals surface area contributed by atoms with Gasteiger partial charge in [-0.2, -0.15) is 4.57 Å². The summed E-state index contributed by atoms with van der Waals surface area (Å²) in [5, 5.41) is 0. The summed E-state index contributed by atoms with van der Waals surface area (Å²) in [6, 6.07) is 8.87. The van der Waals surface area contributed by atoms with Crippen molar-refractivity contribution in [2.75, 3.05) is 19.0 Å². The first-order valence-electron chi connectivity index (χ1n) is 4.25. The molecule has 0 bridgehead atoms. The number of nitrogens with zero attached hydrogens (tertiary/aromatic N) is 2. The van der Waals surface area contributed by atoms with Crippen molar-refractivity contribution in [2.24, 2.45) is 7.05 Å². The first-order chi connectivity index (χ1) is 6.20. The van der Waals surface area contributed by atoms with Gasteiger partial charge >= 0.3 is 6.01 Å². The third kappa shape index (κ3) is 1.16. The van der Waals surface area contributed by atoms with E-state index in [0.29, 0.717) is 0 Å². The minimum absolute atomic E-state index is 0.862. The molecule has 13 heavy (non-hydrogen) atoms. The molecule has 0 aliphatic carbocycles. The van der Waals surface area contributed by atoms with Gasteiger partial charge in [0.2, 0.25) is 0 Å². The SMILES string of the molecule is CN(C)c1oc2ccccc2[n+]1C. The van der Waals surface area contributed by atoms with Crippen molar-refractivity contribution in [1.29, 1.82) is 0 Å². The maximum Gasteiger partial charge on any atom is 0.456 e. The Morgan fingerprint density at radius 1 is 1.23 bits per heavy atom. The number of fused-ring (bicyclic) bond motifs is 1. The van der Waals surface area contributed by atoms with Gasteiger partial charge in [0.1, 0.15) is 0 Å². The standard InChI is InChI=1S/C10H13N2O/c1-11(2)10-12(3)8-6-4-5-7-9(8)13-10/h4-7H,1-3H3/q+1. The summed E-state index contributed by atoms with van der Waals surface area (Å²) in [7, 11) is 5.94. The number of para-hydroxylation sites is 2. The highest BCUT2D eigenvalue weighted by Gasteiger charge is 2.17. The van der Waals surface area contributed by atoms with Gasteiger partial charge in [0.15, 0.2) is 11.1 Å². The molecule has 2 aromatic rings. The lowest BCUT2D eigenvalue weighted by Gasteiger charge is -1.98. The maximum absolute atomic E-state index is 5.65. The molecule has 0 atom stereocenters. The monoisotopic (exact) mass is 177 g/mol. The molecule has 0 unspecified atom stereocenters. The van der Waals surface area contributed by atoms with Crippen LogP contribution < -0.4 is 9.47 Å². The highest BCUT2D eigenvalue weighted by molar-refractivity contribution is 5.69. The normalized spacial score (nSPS) is 10.7. The lowest BCUT2D eigenvalue weighted by Crippen LogP contribution is -2.33. The number of aryl methyl sites for hydroxylation is 1. The number of benzene rings is 1. The van der Waals surface area contributed by atoms with Crippen LogP contribution in [0.1, 0.15) is 0 Å². The zero-order chi connectivity index (χ0) is 9.42. The van der Waals surface area contributed by atoms with Crippen molar-refractivity contribution < 1.29 is 8.98 Å². The van der Waals surface area contributed by atoms with Gasteiger partial charge in [-0.1, -0.05) is 12.1 Å². The first-order valence-corrected chi connectivity index (χ1v) is 4.25. The van der Waals surface area contributed by atoms with Crippen LogP contribution in [-0.4, -0.2) is 14.1 Å². The van der Waals surface area contributed by atoms with Gasteiger partial charge in [0, 0.05) is 0 Å². The topological polar surface area (TPSA) is 20.3 Å². The number of rotatable bonds is 1. The van der Waals surface area contributed by atoms with E-state index < -0.39 is 0 Å². The zero-order valence-corrected chi connectivity index (χ0v) is 8.11. The number of anilines is 1. The van der Waals surface area contributed by atoms with Crippen molar-refractivity contribution in [3.63, 3.8) is 0 Å². The summed E-state index contributed by atoms with van der Waals surface area (Å²) >= 11 is 0. The molecule has 2 rings (SSSR count). The molecule has 0 aliphatic rings. The van der Waals surface area contributed by atoms with E-state index in [0.717, 1.165) is 17.1 Å². The van der Waals surface area contributed by atoms with E-state index in [2.05, 4.69) is 0 Å². The summed E-state index contributed by atoms with van der Waals surface area (Å²) in [6.45, 7) is 0. The van der Waals surface area contributed by atoms with Crippen molar-refractivity contribution in [2.45, 2.75) is 0 Å². The molecule has 1 heterocycles. The molecule has 0 saturated carbocycles. The summed E-state index contributed by atoms with van der Waals surface area (Å²) in [6.07, 6.45) is 0. The van der Waals surface area contributed by atoms with Crippen LogP contribution in [0.4, 0.5) is 6.01 Å². The van der Waals surface area contributed by atoms with Crippen molar-refractivity contribution in [1.82, 2.24) is 0 Å². The Hall–Kier alpha value is -1.51. The minimum atomic E-state index is 0.862. The highest BCUT2D eigenvalue weighted by atomic mass is 16.4. The Balaban J connectivity index is 2.74. The lowest BCUT2D eigenvalue weighted by atomic mass is 10.3. The van der Waals surface area contributed by atoms with Crippen LogP contribution in [0.2, 0.25) is 0 Å².